The number of amides is 1. The molecule has 0 aliphatic heterocycles. The van der Waals surface area contributed by atoms with Gasteiger partial charge in [-0.2, -0.15) is 13.2 Å². The molecule has 1 N–H and O–H groups in total. The Balaban J connectivity index is 1.94. The lowest BCUT2D eigenvalue weighted by atomic mass is 10.1. The Morgan fingerprint density at radius 3 is 2.28 bits per heavy atom. The van der Waals surface area contributed by atoms with Gasteiger partial charge in [-0.3, -0.25) is 14.4 Å². The average molecular weight is 465 g/mol. The van der Waals surface area contributed by atoms with Gasteiger partial charge in [0.1, 0.15) is 6.61 Å². The SMILES string of the molecule is CC(=O)SC/C(=C\c1ccc(C(F)(F)F)cc1)C(=O)NCCC(=O)OCc1ccccc1. The van der Waals surface area contributed by atoms with Crippen molar-refractivity contribution in [1.82, 2.24) is 5.32 Å². The minimum atomic E-state index is -4.46. The molecule has 0 unspecified atom stereocenters. The van der Waals surface area contributed by atoms with Crippen LogP contribution in [0.1, 0.15) is 30.0 Å². The highest BCUT2D eigenvalue weighted by molar-refractivity contribution is 8.13. The van der Waals surface area contributed by atoms with Crippen LogP contribution in [0.25, 0.3) is 6.08 Å². The number of alkyl halides is 3. The predicted octanol–water partition coefficient (Wildman–Crippen LogP) is 4.62. The second kappa shape index (κ2) is 12.1. The van der Waals surface area contributed by atoms with E-state index in [1.807, 2.05) is 30.3 Å². The van der Waals surface area contributed by atoms with Gasteiger partial charge in [-0.15, -0.1) is 0 Å². The van der Waals surface area contributed by atoms with Crippen LogP contribution in [-0.4, -0.2) is 29.3 Å². The summed E-state index contributed by atoms with van der Waals surface area (Å²) in [5.74, 6) is -0.962. The molecule has 2 aromatic rings. The summed E-state index contributed by atoms with van der Waals surface area (Å²) in [7, 11) is 0. The van der Waals surface area contributed by atoms with E-state index in [2.05, 4.69) is 5.32 Å². The number of esters is 1. The zero-order valence-electron chi connectivity index (χ0n) is 17.3. The van der Waals surface area contributed by atoms with Crippen LogP contribution in [0.15, 0.2) is 60.2 Å². The molecule has 0 heterocycles. The maximum Gasteiger partial charge on any atom is 0.416 e. The van der Waals surface area contributed by atoms with Crippen molar-refractivity contribution in [3.8, 4) is 0 Å². The van der Waals surface area contributed by atoms with Gasteiger partial charge in [0.25, 0.3) is 0 Å². The monoisotopic (exact) mass is 465 g/mol. The van der Waals surface area contributed by atoms with Crippen molar-refractivity contribution in [3.63, 3.8) is 0 Å². The maximum atomic E-state index is 12.7. The summed E-state index contributed by atoms with van der Waals surface area (Å²) < 4.78 is 43.3. The second-order valence-electron chi connectivity index (χ2n) is 6.72. The van der Waals surface area contributed by atoms with Crippen molar-refractivity contribution in [1.29, 1.82) is 0 Å². The third-order valence-electron chi connectivity index (χ3n) is 4.16. The number of rotatable bonds is 9. The number of thioether (sulfide) groups is 1. The number of hydrogen-bond donors (Lipinski definition) is 1. The molecule has 9 heteroatoms. The lowest BCUT2D eigenvalue weighted by molar-refractivity contribution is -0.145. The van der Waals surface area contributed by atoms with E-state index in [1.165, 1.54) is 25.1 Å². The maximum absolute atomic E-state index is 12.7. The lowest BCUT2D eigenvalue weighted by Gasteiger charge is -2.10. The fraction of sp³-hybridized carbons (Fsp3) is 0.261. The first-order chi connectivity index (χ1) is 15.1. The summed E-state index contributed by atoms with van der Waals surface area (Å²) in [6.45, 7) is 1.49. The molecule has 0 aliphatic rings. The van der Waals surface area contributed by atoms with Gasteiger partial charge >= 0.3 is 12.1 Å². The number of nitrogens with one attached hydrogen (secondary N) is 1. The number of ether oxygens (including phenoxy) is 1. The van der Waals surface area contributed by atoms with Crippen LogP contribution < -0.4 is 5.32 Å². The van der Waals surface area contributed by atoms with Crippen molar-refractivity contribution in [2.75, 3.05) is 12.3 Å². The Labute approximate surface area is 188 Å². The normalized spacial score (nSPS) is 11.7. The summed E-state index contributed by atoms with van der Waals surface area (Å²) in [5, 5.41) is 2.37. The molecule has 5 nitrogen and oxygen atoms in total. The molecule has 0 saturated carbocycles. The van der Waals surface area contributed by atoms with Gasteiger partial charge in [0, 0.05) is 24.8 Å². The molecule has 32 heavy (non-hydrogen) atoms. The molecule has 0 fully saturated rings. The van der Waals surface area contributed by atoms with Crippen LogP contribution in [0.3, 0.4) is 0 Å². The number of carbonyl (C=O) groups excluding carboxylic acids is 3. The Morgan fingerprint density at radius 1 is 1.03 bits per heavy atom. The first-order valence-electron chi connectivity index (χ1n) is 9.64. The molecule has 2 aromatic carbocycles. The molecule has 0 spiro atoms. The molecule has 0 atom stereocenters. The average Bonchev–Trinajstić information content (AvgIpc) is 2.75. The molecule has 0 aliphatic carbocycles. The van der Waals surface area contributed by atoms with Crippen LogP contribution >= 0.6 is 11.8 Å². The molecular weight excluding hydrogens is 443 g/mol. The summed E-state index contributed by atoms with van der Waals surface area (Å²) in [6, 6.07) is 13.5. The summed E-state index contributed by atoms with van der Waals surface area (Å²) in [5.41, 5.74) is 0.623. The van der Waals surface area contributed by atoms with Crippen LogP contribution in [0.4, 0.5) is 13.2 Å². The van der Waals surface area contributed by atoms with Crippen molar-refractivity contribution >= 4 is 34.8 Å². The largest absolute Gasteiger partial charge is 0.461 e. The molecular formula is C23H22F3NO4S. The van der Waals surface area contributed by atoms with Crippen LogP contribution in [0, 0.1) is 0 Å². The van der Waals surface area contributed by atoms with Gasteiger partial charge in [0.15, 0.2) is 5.12 Å². The van der Waals surface area contributed by atoms with E-state index in [0.717, 1.165) is 29.5 Å². The Bertz CT molecular complexity index is 957. The van der Waals surface area contributed by atoms with E-state index < -0.39 is 23.6 Å². The molecule has 0 saturated heterocycles. The molecule has 0 radical (unpaired) electrons. The van der Waals surface area contributed by atoms with Crippen LogP contribution in [0.2, 0.25) is 0 Å². The first-order valence-corrected chi connectivity index (χ1v) is 10.6. The standard InChI is InChI=1S/C23H22F3NO4S/c1-16(28)32-15-19(13-17-7-9-20(10-8-17)23(24,25)26)22(30)27-12-11-21(29)31-14-18-5-3-2-4-6-18/h2-10,13H,11-12,14-15H2,1H3,(H,27,30)/b19-13+. The minimum absolute atomic E-state index is 0.0154. The highest BCUT2D eigenvalue weighted by Crippen LogP contribution is 2.29. The van der Waals surface area contributed by atoms with E-state index in [9.17, 15) is 27.6 Å². The minimum Gasteiger partial charge on any atom is -0.461 e. The Morgan fingerprint density at radius 2 is 1.69 bits per heavy atom. The second-order valence-corrected chi connectivity index (χ2v) is 7.87. The highest BCUT2D eigenvalue weighted by atomic mass is 32.2. The van der Waals surface area contributed by atoms with Gasteiger partial charge in [0.05, 0.1) is 12.0 Å². The molecule has 0 aromatic heterocycles. The van der Waals surface area contributed by atoms with Crippen molar-refractivity contribution < 1.29 is 32.3 Å². The lowest BCUT2D eigenvalue weighted by Crippen LogP contribution is -2.28. The molecule has 1 amide bonds. The fourth-order valence-corrected chi connectivity index (χ4v) is 3.10. The van der Waals surface area contributed by atoms with Crippen LogP contribution in [0.5, 0.6) is 0 Å². The molecule has 170 valence electrons. The molecule has 2 rings (SSSR count). The third kappa shape index (κ3) is 8.97. The van der Waals surface area contributed by atoms with Crippen molar-refractivity contribution in [3.05, 3.63) is 76.9 Å². The quantitative estimate of drug-likeness (QED) is 0.432. The highest BCUT2D eigenvalue weighted by Gasteiger charge is 2.29. The number of halogens is 3. The predicted molar refractivity (Wildman–Crippen MR) is 116 cm³/mol. The van der Waals surface area contributed by atoms with Crippen molar-refractivity contribution in [2.45, 2.75) is 26.1 Å². The summed E-state index contributed by atoms with van der Waals surface area (Å²) >= 11 is 0.900. The third-order valence-corrected chi connectivity index (χ3v) is 5.02. The fourth-order valence-electron chi connectivity index (χ4n) is 2.52. The van der Waals surface area contributed by atoms with Gasteiger partial charge in [-0.05, 0) is 29.3 Å². The Hall–Kier alpha value is -3.07. The van der Waals surface area contributed by atoms with Crippen LogP contribution in [-0.2, 0) is 31.9 Å². The smallest absolute Gasteiger partial charge is 0.416 e. The molecule has 0 bridgehead atoms. The van der Waals surface area contributed by atoms with Crippen molar-refractivity contribution in [2.24, 2.45) is 0 Å². The van der Waals surface area contributed by atoms with Gasteiger partial charge < -0.3 is 10.1 Å². The first kappa shape index (κ1) is 25.2. The van der Waals surface area contributed by atoms with Gasteiger partial charge in [-0.1, -0.05) is 54.2 Å². The number of carbonyl (C=O) groups is 3. The topological polar surface area (TPSA) is 72.5 Å². The summed E-state index contributed by atoms with van der Waals surface area (Å²) in [4.78, 5) is 35.7. The number of hydrogen-bond acceptors (Lipinski definition) is 5. The van der Waals surface area contributed by atoms with E-state index in [4.69, 9.17) is 4.74 Å². The van der Waals surface area contributed by atoms with E-state index in [-0.39, 0.29) is 36.0 Å². The van der Waals surface area contributed by atoms with E-state index >= 15 is 0 Å². The zero-order chi connectivity index (χ0) is 23.6. The van der Waals surface area contributed by atoms with E-state index in [0.29, 0.717) is 5.56 Å². The number of benzene rings is 2. The van der Waals surface area contributed by atoms with Gasteiger partial charge in [0.2, 0.25) is 5.91 Å². The Kier molecular flexibility index (Phi) is 9.52. The van der Waals surface area contributed by atoms with Gasteiger partial charge in [-0.25, -0.2) is 0 Å². The summed E-state index contributed by atoms with van der Waals surface area (Å²) in [6.07, 6.45) is -3.09. The zero-order valence-corrected chi connectivity index (χ0v) is 18.1. The van der Waals surface area contributed by atoms with E-state index in [1.54, 1.807) is 0 Å².